The van der Waals surface area contributed by atoms with Gasteiger partial charge in [0.25, 0.3) is 5.56 Å². The van der Waals surface area contributed by atoms with Crippen LogP contribution in [0.5, 0.6) is 0 Å². The van der Waals surface area contributed by atoms with Crippen LogP contribution in [-0.4, -0.2) is 9.97 Å². The minimum absolute atomic E-state index is 0.114. The highest BCUT2D eigenvalue weighted by Gasteiger charge is 2.10. The number of anilines is 1. The van der Waals surface area contributed by atoms with E-state index in [2.05, 4.69) is 9.97 Å². The normalized spacial score (nSPS) is 11.2. The average molecular weight is 217 g/mol. The van der Waals surface area contributed by atoms with Crippen LogP contribution in [0.4, 0.5) is 5.69 Å². The molecule has 3 rings (SSSR count). The molecule has 0 aliphatic rings. The van der Waals surface area contributed by atoms with E-state index in [4.69, 9.17) is 5.73 Å². The number of hydrogen-bond donors (Lipinski definition) is 2. The molecule has 0 amide bonds. The largest absolute Gasteiger partial charge is 0.398 e. The second-order valence-corrected chi connectivity index (χ2v) is 4.24. The maximum Gasteiger partial charge on any atom is 0.260 e. The number of aromatic nitrogens is 2. The third kappa shape index (κ3) is 1.07. The predicted molar refractivity (Wildman–Crippen MR) is 62.2 cm³/mol. The molecule has 0 radical (unpaired) electrons. The van der Waals surface area contributed by atoms with Crippen LogP contribution >= 0.6 is 11.3 Å². The standard InChI is InChI=1S/C10H7N3OS/c11-6-3-1-2-5-7-9(14)12-4-13-10(7)15-8(5)6/h1-4H,11H2,(H,12,13,14). The summed E-state index contributed by atoms with van der Waals surface area (Å²) in [6.45, 7) is 0. The van der Waals surface area contributed by atoms with Gasteiger partial charge in [0.05, 0.1) is 16.4 Å². The van der Waals surface area contributed by atoms with Crippen LogP contribution in [0.25, 0.3) is 20.3 Å². The van der Waals surface area contributed by atoms with E-state index in [0.717, 1.165) is 14.9 Å². The molecular weight excluding hydrogens is 210 g/mol. The lowest BCUT2D eigenvalue weighted by molar-refractivity contribution is 1.18. The molecule has 2 aromatic heterocycles. The molecule has 5 heteroatoms. The first-order valence-electron chi connectivity index (χ1n) is 4.42. The third-order valence-electron chi connectivity index (χ3n) is 2.33. The molecule has 0 fully saturated rings. The number of nitrogens with one attached hydrogen (secondary N) is 1. The molecule has 0 spiro atoms. The zero-order valence-electron chi connectivity index (χ0n) is 7.65. The fourth-order valence-corrected chi connectivity index (χ4v) is 2.73. The van der Waals surface area contributed by atoms with E-state index in [9.17, 15) is 4.79 Å². The number of hydrogen-bond acceptors (Lipinski definition) is 4. The quantitative estimate of drug-likeness (QED) is 0.563. The van der Waals surface area contributed by atoms with Crippen molar-refractivity contribution in [1.29, 1.82) is 0 Å². The number of nitrogens with two attached hydrogens (primary N) is 1. The van der Waals surface area contributed by atoms with Crippen LogP contribution in [0.15, 0.2) is 29.3 Å². The van der Waals surface area contributed by atoms with Crippen LogP contribution in [0.2, 0.25) is 0 Å². The summed E-state index contributed by atoms with van der Waals surface area (Å²) in [7, 11) is 0. The highest BCUT2D eigenvalue weighted by Crippen LogP contribution is 2.33. The van der Waals surface area contributed by atoms with Crippen molar-refractivity contribution in [2.45, 2.75) is 0 Å². The van der Waals surface area contributed by atoms with Gasteiger partial charge >= 0.3 is 0 Å². The van der Waals surface area contributed by atoms with Crippen molar-refractivity contribution in [3.8, 4) is 0 Å². The van der Waals surface area contributed by atoms with E-state index in [1.165, 1.54) is 17.7 Å². The average Bonchev–Trinajstić information content (AvgIpc) is 2.59. The molecular formula is C10H7N3OS. The van der Waals surface area contributed by atoms with Crippen LogP contribution in [-0.2, 0) is 0 Å². The smallest absolute Gasteiger partial charge is 0.260 e. The number of nitrogens with zero attached hydrogens (tertiary/aromatic N) is 1. The molecule has 0 unspecified atom stereocenters. The Morgan fingerprint density at radius 3 is 3.13 bits per heavy atom. The lowest BCUT2D eigenvalue weighted by Crippen LogP contribution is -2.04. The van der Waals surface area contributed by atoms with Crippen molar-refractivity contribution in [2.24, 2.45) is 0 Å². The van der Waals surface area contributed by atoms with Gasteiger partial charge in [-0.05, 0) is 6.07 Å². The predicted octanol–water partition coefficient (Wildman–Crippen LogP) is 1.72. The maximum absolute atomic E-state index is 11.6. The summed E-state index contributed by atoms with van der Waals surface area (Å²) in [4.78, 5) is 19.1. The molecule has 74 valence electrons. The minimum Gasteiger partial charge on any atom is -0.398 e. The van der Waals surface area contributed by atoms with E-state index >= 15 is 0 Å². The van der Waals surface area contributed by atoms with E-state index in [-0.39, 0.29) is 5.56 Å². The van der Waals surface area contributed by atoms with Gasteiger partial charge in [-0.1, -0.05) is 12.1 Å². The highest BCUT2D eigenvalue weighted by molar-refractivity contribution is 7.26. The molecule has 0 aliphatic carbocycles. The minimum atomic E-state index is -0.114. The van der Waals surface area contributed by atoms with Gasteiger partial charge in [0.15, 0.2) is 0 Å². The second-order valence-electron chi connectivity index (χ2n) is 3.24. The van der Waals surface area contributed by atoms with Gasteiger partial charge in [0.2, 0.25) is 0 Å². The number of thiophene rings is 1. The van der Waals surface area contributed by atoms with Crippen molar-refractivity contribution in [1.82, 2.24) is 9.97 Å². The fraction of sp³-hybridized carbons (Fsp3) is 0. The Kier molecular flexibility index (Phi) is 1.58. The van der Waals surface area contributed by atoms with Crippen molar-refractivity contribution >= 4 is 37.3 Å². The van der Waals surface area contributed by atoms with Crippen molar-refractivity contribution in [3.05, 3.63) is 34.9 Å². The number of H-pyrrole nitrogens is 1. The van der Waals surface area contributed by atoms with Gasteiger partial charge < -0.3 is 10.7 Å². The first kappa shape index (κ1) is 8.43. The van der Waals surface area contributed by atoms with E-state index in [0.29, 0.717) is 11.1 Å². The number of benzene rings is 1. The summed E-state index contributed by atoms with van der Waals surface area (Å²) in [5, 5.41) is 1.51. The summed E-state index contributed by atoms with van der Waals surface area (Å²) >= 11 is 1.45. The lowest BCUT2D eigenvalue weighted by atomic mass is 10.2. The maximum atomic E-state index is 11.6. The van der Waals surface area contributed by atoms with Crippen molar-refractivity contribution < 1.29 is 0 Å². The van der Waals surface area contributed by atoms with Gasteiger partial charge in [-0.3, -0.25) is 4.79 Å². The Bertz CT molecular complexity index is 713. The Hall–Kier alpha value is -1.88. The molecule has 3 aromatic rings. The van der Waals surface area contributed by atoms with Gasteiger partial charge in [0, 0.05) is 11.1 Å². The second kappa shape index (κ2) is 2.80. The molecule has 0 saturated heterocycles. The Labute approximate surface area is 88.4 Å². The molecule has 15 heavy (non-hydrogen) atoms. The molecule has 4 nitrogen and oxygen atoms in total. The van der Waals surface area contributed by atoms with Crippen molar-refractivity contribution in [3.63, 3.8) is 0 Å². The van der Waals surface area contributed by atoms with Crippen molar-refractivity contribution in [2.75, 3.05) is 5.73 Å². The van der Waals surface area contributed by atoms with Crippen LogP contribution in [0.1, 0.15) is 0 Å². The van der Waals surface area contributed by atoms with Gasteiger partial charge in [0.1, 0.15) is 4.83 Å². The SMILES string of the molecule is Nc1cccc2c1sc1nc[nH]c(=O)c12. The summed E-state index contributed by atoms with van der Waals surface area (Å²) in [5.74, 6) is 0. The van der Waals surface area contributed by atoms with E-state index < -0.39 is 0 Å². The summed E-state index contributed by atoms with van der Waals surface area (Å²) in [6, 6.07) is 5.56. The third-order valence-corrected chi connectivity index (χ3v) is 3.49. The molecule has 2 heterocycles. The monoisotopic (exact) mass is 217 g/mol. The number of nitrogen functional groups attached to an aromatic ring is 1. The van der Waals surface area contributed by atoms with E-state index in [1.54, 1.807) is 0 Å². The molecule has 0 atom stereocenters. The first-order chi connectivity index (χ1) is 7.27. The zero-order chi connectivity index (χ0) is 10.4. The number of fused-ring (bicyclic) bond motifs is 3. The molecule has 0 bridgehead atoms. The van der Waals surface area contributed by atoms with Crippen LogP contribution in [0, 0.1) is 0 Å². The fourth-order valence-electron chi connectivity index (χ4n) is 1.66. The van der Waals surface area contributed by atoms with Gasteiger partial charge in [-0.15, -0.1) is 11.3 Å². The van der Waals surface area contributed by atoms with Gasteiger partial charge in [-0.25, -0.2) is 4.98 Å². The first-order valence-corrected chi connectivity index (χ1v) is 5.23. The highest BCUT2D eigenvalue weighted by atomic mass is 32.1. The van der Waals surface area contributed by atoms with E-state index in [1.807, 2.05) is 18.2 Å². The molecule has 0 saturated carbocycles. The molecule has 0 aliphatic heterocycles. The number of rotatable bonds is 0. The topological polar surface area (TPSA) is 71.8 Å². The van der Waals surface area contributed by atoms with Gasteiger partial charge in [-0.2, -0.15) is 0 Å². The Balaban J connectivity index is 2.71. The van der Waals surface area contributed by atoms with Crippen LogP contribution in [0.3, 0.4) is 0 Å². The molecule has 3 N–H and O–H groups in total. The summed E-state index contributed by atoms with van der Waals surface area (Å²) in [5.41, 5.74) is 6.42. The Morgan fingerprint density at radius 1 is 1.40 bits per heavy atom. The zero-order valence-corrected chi connectivity index (χ0v) is 8.47. The number of aromatic amines is 1. The molecule has 1 aromatic carbocycles. The lowest BCUT2D eigenvalue weighted by Gasteiger charge is -1.93. The Morgan fingerprint density at radius 2 is 2.27 bits per heavy atom. The summed E-state index contributed by atoms with van der Waals surface area (Å²) in [6.07, 6.45) is 1.41. The summed E-state index contributed by atoms with van der Waals surface area (Å²) < 4.78 is 0.928. The van der Waals surface area contributed by atoms with Crippen LogP contribution < -0.4 is 11.3 Å².